The van der Waals surface area contributed by atoms with Gasteiger partial charge in [0.05, 0.1) is 17.5 Å². The third-order valence-electron chi connectivity index (χ3n) is 4.78. The Bertz CT molecular complexity index is 953. The Kier molecular flexibility index (Phi) is 4.84. The first kappa shape index (κ1) is 17.9. The predicted molar refractivity (Wildman–Crippen MR) is 103 cm³/mol. The first-order valence-electron chi connectivity index (χ1n) is 9.10. The zero-order chi connectivity index (χ0) is 19.0. The highest BCUT2D eigenvalue weighted by atomic mass is 32.1. The van der Waals surface area contributed by atoms with Crippen LogP contribution < -0.4 is 4.74 Å². The molecule has 1 N–H and O–H groups in total. The molecular weight excluding hydrogens is 364 g/mol. The van der Waals surface area contributed by atoms with Gasteiger partial charge in [-0.3, -0.25) is 9.69 Å². The normalized spacial score (nSPS) is 16.7. The minimum absolute atomic E-state index is 0.117. The van der Waals surface area contributed by atoms with Gasteiger partial charge in [-0.15, -0.1) is 5.10 Å². The van der Waals surface area contributed by atoms with E-state index < -0.39 is 0 Å². The molecule has 1 aliphatic heterocycles. The lowest BCUT2D eigenvalue weighted by molar-refractivity contribution is -0.121. The average Bonchev–Trinajstić information content (AvgIpc) is 3.16. The van der Waals surface area contributed by atoms with Gasteiger partial charge in [0.2, 0.25) is 10.8 Å². The minimum Gasteiger partial charge on any atom is -0.494 e. The average molecular weight is 386 g/mol. The summed E-state index contributed by atoms with van der Waals surface area (Å²) in [4.78, 5) is 19.8. The van der Waals surface area contributed by atoms with E-state index >= 15 is 0 Å². The third-order valence-corrected chi connectivity index (χ3v) is 5.85. The van der Waals surface area contributed by atoms with Crippen LogP contribution in [0.25, 0.3) is 4.96 Å². The summed E-state index contributed by atoms with van der Waals surface area (Å²) in [6.45, 7) is 5.71. The quantitative estimate of drug-likeness (QED) is 0.726. The van der Waals surface area contributed by atoms with E-state index in [1.54, 1.807) is 6.92 Å². The molecule has 1 atom stereocenters. The summed E-state index contributed by atoms with van der Waals surface area (Å²) in [7, 11) is 0. The molecule has 0 spiro atoms. The maximum atomic E-state index is 11.7. The molecule has 8 heteroatoms. The second-order valence-electron chi connectivity index (χ2n) is 6.62. The van der Waals surface area contributed by atoms with E-state index in [1.165, 1.54) is 15.9 Å². The molecule has 1 aliphatic rings. The predicted octanol–water partition coefficient (Wildman–Crippen LogP) is 2.96. The van der Waals surface area contributed by atoms with Crippen molar-refractivity contribution in [1.82, 2.24) is 19.5 Å². The summed E-state index contributed by atoms with van der Waals surface area (Å²) < 4.78 is 7.04. The molecule has 142 valence electrons. The van der Waals surface area contributed by atoms with Crippen LogP contribution in [0, 0.1) is 6.92 Å². The molecule has 4 rings (SSSR count). The van der Waals surface area contributed by atoms with Crippen LogP contribution in [0.1, 0.15) is 42.1 Å². The number of carbonyl (C=O) groups is 1. The van der Waals surface area contributed by atoms with Gasteiger partial charge in [0.1, 0.15) is 17.4 Å². The SMILES string of the molecule is CCOc1ccc(C(c2sc3nc(C)nn3c2O)N2CCC(=O)CC2)cc1. The molecule has 1 aromatic carbocycles. The molecule has 7 nitrogen and oxygen atoms in total. The maximum absolute atomic E-state index is 11.7. The van der Waals surface area contributed by atoms with Gasteiger partial charge in [-0.25, -0.2) is 4.98 Å². The van der Waals surface area contributed by atoms with Gasteiger partial charge in [-0.1, -0.05) is 23.5 Å². The lowest BCUT2D eigenvalue weighted by Gasteiger charge is -2.33. The number of likely N-dealkylation sites (tertiary alicyclic amines) is 1. The zero-order valence-corrected chi connectivity index (χ0v) is 16.2. The fraction of sp³-hybridized carbons (Fsp3) is 0.421. The number of fused-ring (bicyclic) bond motifs is 1. The number of hydrogen-bond donors (Lipinski definition) is 1. The monoisotopic (exact) mass is 386 g/mol. The number of benzene rings is 1. The van der Waals surface area contributed by atoms with E-state index in [0.717, 1.165) is 16.2 Å². The fourth-order valence-electron chi connectivity index (χ4n) is 3.50. The second kappa shape index (κ2) is 7.28. The summed E-state index contributed by atoms with van der Waals surface area (Å²) in [5, 5.41) is 15.1. The summed E-state index contributed by atoms with van der Waals surface area (Å²) in [5.41, 5.74) is 1.05. The van der Waals surface area contributed by atoms with Crippen molar-refractivity contribution in [1.29, 1.82) is 0 Å². The lowest BCUT2D eigenvalue weighted by atomic mass is 10.00. The number of carbonyl (C=O) groups excluding carboxylic acids is 1. The number of hydrogen-bond acceptors (Lipinski definition) is 7. The van der Waals surface area contributed by atoms with E-state index in [4.69, 9.17) is 4.74 Å². The molecule has 0 radical (unpaired) electrons. The number of aromatic nitrogens is 3. The highest BCUT2D eigenvalue weighted by molar-refractivity contribution is 7.17. The molecule has 0 bridgehead atoms. The Morgan fingerprint density at radius 1 is 1.26 bits per heavy atom. The molecule has 0 amide bonds. The number of ether oxygens (including phenoxy) is 1. The smallest absolute Gasteiger partial charge is 0.230 e. The molecule has 1 fully saturated rings. The number of piperidine rings is 1. The highest BCUT2D eigenvalue weighted by Crippen LogP contribution is 2.40. The van der Waals surface area contributed by atoms with Crippen molar-refractivity contribution in [3.63, 3.8) is 0 Å². The minimum atomic E-state index is -0.150. The van der Waals surface area contributed by atoms with Crippen molar-refractivity contribution in [3.8, 4) is 11.6 Å². The van der Waals surface area contributed by atoms with Crippen LogP contribution in [0.2, 0.25) is 0 Å². The molecule has 0 saturated carbocycles. The van der Waals surface area contributed by atoms with E-state index in [2.05, 4.69) is 15.0 Å². The molecule has 27 heavy (non-hydrogen) atoms. The summed E-state index contributed by atoms with van der Waals surface area (Å²) in [6, 6.07) is 7.78. The lowest BCUT2D eigenvalue weighted by Crippen LogP contribution is -2.37. The zero-order valence-electron chi connectivity index (χ0n) is 15.4. The highest BCUT2D eigenvalue weighted by Gasteiger charge is 2.31. The molecule has 3 aromatic rings. The molecule has 2 aromatic heterocycles. The number of aromatic hydroxyl groups is 1. The van der Waals surface area contributed by atoms with Crippen molar-refractivity contribution in [3.05, 3.63) is 40.5 Å². The Morgan fingerprint density at radius 2 is 1.96 bits per heavy atom. The van der Waals surface area contributed by atoms with E-state index in [1.807, 2.05) is 31.2 Å². The van der Waals surface area contributed by atoms with E-state index in [0.29, 0.717) is 49.1 Å². The van der Waals surface area contributed by atoms with Crippen LogP contribution in [-0.2, 0) is 4.79 Å². The second-order valence-corrected chi connectivity index (χ2v) is 7.63. The largest absolute Gasteiger partial charge is 0.494 e. The number of rotatable bonds is 5. The van der Waals surface area contributed by atoms with Crippen LogP contribution in [0.3, 0.4) is 0 Å². The van der Waals surface area contributed by atoms with Crippen LogP contribution in [0.15, 0.2) is 24.3 Å². The van der Waals surface area contributed by atoms with Crippen molar-refractivity contribution < 1.29 is 14.6 Å². The van der Waals surface area contributed by atoms with E-state index in [9.17, 15) is 9.90 Å². The molecule has 1 saturated heterocycles. The summed E-state index contributed by atoms with van der Waals surface area (Å²) in [6.07, 6.45) is 1.07. The van der Waals surface area contributed by atoms with Crippen LogP contribution in [0.4, 0.5) is 0 Å². The van der Waals surface area contributed by atoms with Gasteiger partial charge in [-0.05, 0) is 31.5 Å². The van der Waals surface area contributed by atoms with E-state index in [-0.39, 0.29) is 11.9 Å². The summed E-state index contributed by atoms with van der Waals surface area (Å²) in [5.74, 6) is 1.85. The number of thiazole rings is 1. The van der Waals surface area contributed by atoms with Crippen molar-refractivity contribution >= 4 is 22.1 Å². The Balaban J connectivity index is 1.75. The Labute approximate surface area is 161 Å². The van der Waals surface area contributed by atoms with Gasteiger partial charge in [0.25, 0.3) is 0 Å². The van der Waals surface area contributed by atoms with Gasteiger partial charge in [-0.2, -0.15) is 4.52 Å². The standard InChI is InChI=1S/C19H22N4O3S/c1-3-26-15-6-4-13(5-7-15)16(22-10-8-14(24)9-11-22)17-18(25)23-19(27-17)20-12(2)21-23/h4-7,16,25H,3,8-11H2,1-2H3. The van der Waals surface area contributed by atoms with Crippen molar-refractivity contribution in [2.24, 2.45) is 0 Å². The topological polar surface area (TPSA) is 80.0 Å². The van der Waals surface area contributed by atoms with Crippen molar-refractivity contribution in [2.45, 2.75) is 32.7 Å². The van der Waals surface area contributed by atoms with Gasteiger partial charge in [0, 0.05) is 25.9 Å². The van der Waals surface area contributed by atoms with Crippen LogP contribution >= 0.6 is 11.3 Å². The molecule has 1 unspecified atom stereocenters. The Morgan fingerprint density at radius 3 is 2.59 bits per heavy atom. The van der Waals surface area contributed by atoms with Crippen LogP contribution in [-0.4, -0.2) is 50.1 Å². The number of Topliss-reactive ketones (excluding diaryl/α,β-unsaturated/α-hetero) is 1. The summed E-state index contributed by atoms with van der Waals surface area (Å²) >= 11 is 1.44. The molecule has 3 heterocycles. The van der Waals surface area contributed by atoms with Crippen LogP contribution in [0.5, 0.6) is 11.6 Å². The maximum Gasteiger partial charge on any atom is 0.230 e. The molecular formula is C19H22N4O3S. The third kappa shape index (κ3) is 3.42. The first-order chi connectivity index (χ1) is 13.1. The van der Waals surface area contributed by atoms with Crippen molar-refractivity contribution in [2.75, 3.05) is 19.7 Å². The Hall–Kier alpha value is -2.45. The fourth-order valence-corrected chi connectivity index (χ4v) is 4.66. The molecule has 0 aliphatic carbocycles. The van der Waals surface area contributed by atoms with Gasteiger partial charge >= 0.3 is 0 Å². The van der Waals surface area contributed by atoms with Gasteiger partial charge < -0.3 is 9.84 Å². The number of nitrogens with zero attached hydrogens (tertiary/aromatic N) is 4. The number of aryl methyl sites for hydroxylation is 1. The number of ketones is 1. The first-order valence-corrected chi connectivity index (χ1v) is 9.92. The van der Waals surface area contributed by atoms with Gasteiger partial charge in [0.15, 0.2) is 0 Å².